The zero-order chi connectivity index (χ0) is 15.2. The average Bonchev–Trinajstić information content (AvgIpc) is 2.48. The second kappa shape index (κ2) is 6.90. The van der Waals surface area contributed by atoms with Crippen LogP contribution in [-0.4, -0.2) is 19.1 Å². The maximum Gasteiger partial charge on any atom is 0.255 e. The molecule has 4 nitrogen and oxygen atoms in total. The summed E-state index contributed by atoms with van der Waals surface area (Å²) in [5.74, 6) is 0.575. The smallest absolute Gasteiger partial charge is 0.255 e. The molecule has 0 aromatic heterocycles. The van der Waals surface area contributed by atoms with Crippen LogP contribution in [-0.2, 0) is 0 Å². The molecule has 0 aliphatic carbocycles. The van der Waals surface area contributed by atoms with Gasteiger partial charge in [-0.05, 0) is 37.6 Å². The number of carbonyl (C=O) groups excluding carboxylic acids is 1. The van der Waals surface area contributed by atoms with Crippen molar-refractivity contribution < 1.29 is 9.53 Å². The van der Waals surface area contributed by atoms with Crippen LogP contribution >= 0.6 is 0 Å². The van der Waals surface area contributed by atoms with Gasteiger partial charge in [-0.2, -0.15) is 0 Å². The third-order valence-electron chi connectivity index (χ3n) is 3.12. The molecule has 2 rings (SSSR count). The van der Waals surface area contributed by atoms with Crippen LogP contribution < -0.4 is 15.8 Å². The van der Waals surface area contributed by atoms with Crippen molar-refractivity contribution in [1.29, 1.82) is 0 Å². The van der Waals surface area contributed by atoms with Crippen LogP contribution in [0.1, 0.15) is 21.5 Å². The first-order valence-corrected chi connectivity index (χ1v) is 6.91. The molecule has 0 fully saturated rings. The molecule has 21 heavy (non-hydrogen) atoms. The second-order valence-corrected chi connectivity index (χ2v) is 4.94. The maximum atomic E-state index is 12.3. The molecular formula is C17H20N2O2. The summed E-state index contributed by atoms with van der Waals surface area (Å²) in [7, 11) is 0. The summed E-state index contributed by atoms with van der Waals surface area (Å²) in [5, 5.41) is 2.89. The van der Waals surface area contributed by atoms with Crippen LogP contribution in [0, 0.1) is 13.8 Å². The first-order valence-electron chi connectivity index (χ1n) is 6.91. The highest BCUT2D eigenvalue weighted by atomic mass is 16.5. The van der Waals surface area contributed by atoms with E-state index in [4.69, 9.17) is 10.5 Å². The van der Waals surface area contributed by atoms with E-state index in [1.807, 2.05) is 50.2 Å². The molecule has 4 heteroatoms. The van der Waals surface area contributed by atoms with Gasteiger partial charge in [-0.1, -0.05) is 23.8 Å². The fourth-order valence-corrected chi connectivity index (χ4v) is 2.02. The Kier molecular flexibility index (Phi) is 4.95. The van der Waals surface area contributed by atoms with Gasteiger partial charge in [0, 0.05) is 23.9 Å². The van der Waals surface area contributed by atoms with Crippen LogP contribution in [0.3, 0.4) is 0 Å². The van der Waals surface area contributed by atoms with Crippen molar-refractivity contribution in [3.8, 4) is 5.75 Å². The van der Waals surface area contributed by atoms with Crippen molar-refractivity contribution in [2.24, 2.45) is 5.73 Å². The predicted octanol–water partition coefficient (Wildman–Crippen LogP) is 2.89. The number of anilines is 1. The first-order chi connectivity index (χ1) is 10.1. The zero-order valence-corrected chi connectivity index (χ0v) is 12.3. The molecule has 110 valence electrons. The minimum atomic E-state index is -0.118. The molecule has 1 amide bonds. The van der Waals surface area contributed by atoms with Gasteiger partial charge in [-0.25, -0.2) is 0 Å². The van der Waals surface area contributed by atoms with Crippen LogP contribution in [0.15, 0.2) is 42.5 Å². The number of rotatable bonds is 5. The molecular weight excluding hydrogens is 264 g/mol. The summed E-state index contributed by atoms with van der Waals surface area (Å²) < 4.78 is 5.45. The molecule has 0 aliphatic rings. The lowest BCUT2D eigenvalue weighted by Gasteiger charge is -2.10. The highest BCUT2D eigenvalue weighted by Crippen LogP contribution is 2.19. The van der Waals surface area contributed by atoms with Gasteiger partial charge in [-0.3, -0.25) is 4.79 Å². The normalized spacial score (nSPS) is 10.2. The fraction of sp³-hybridized carbons (Fsp3) is 0.235. The summed E-state index contributed by atoms with van der Waals surface area (Å²) in [6.07, 6.45) is 0. The lowest BCUT2D eigenvalue weighted by molar-refractivity contribution is 0.102. The topological polar surface area (TPSA) is 64.3 Å². The van der Waals surface area contributed by atoms with Crippen molar-refractivity contribution in [3.05, 3.63) is 59.2 Å². The Balaban J connectivity index is 2.14. The zero-order valence-electron chi connectivity index (χ0n) is 12.3. The lowest BCUT2D eigenvalue weighted by Crippen LogP contribution is -2.14. The molecule has 0 atom stereocenters. The molecule has 2 aromatic carbocycles. The van der Waals surface area contributed by atoms with E-state index in [1.165, 1.54) is 0 Å². The number of hydrogen-bond donors (Lipinski definition) is 2. The Bertz CT molecular complexity index is 638. The molecule has 0 saturated carbocycles. The second-order valence-electron chi connectivity index (χ2n) is 4.94. The fourth-order valence-electron chi connectivity index (χ4n) is 2.02. The SMILES string of the molecule is Cc1ccc(C)c(C(=O)Nc2cccc(OCCN)c2)c1. The number of nitrogens with two attached hydrogens (primary N) is 1. The predicted molar refractivity (Wildman–Crippen MR) is 84.9 cm³/mol. The van der Waals surface area contributed by atoms with Gasteiger partial charge in [0.2, 0.25) is 0 Å². The van der Waals surface area contributed by atoms with Gasteiger partial charge in [0.05, 0.1) is 0 Å². The lowest BCUT2D eigenvalue weighted by atomic mass is 10.1. The van der Waals surface area contributed by atoms with Crippen molar-refractivity contribution in [3.63, 3.8) is 0 Å². The number of aryl methyl sites for hydroxylation is 2. The number of benzene rings is 2. The Morgan fingerprint density at radius 1 is 1.19 bits per heavy atom. The van der Waals surface area contributed by atoms with Crippen LogP contribution in [0.25, 0.3) is 0 Å². The standard InChI is InChI=1S/C17H20N2O2/c1-12-6-7-13(2)16(10-12)17(20)19-14-4-3-5-15(11-14)21-9-8-18/h3-7,10-11H,8-9,18H2,1-2H3,(H,19,20). The van der Waals surface area contributed by atoms with Gasteiger partial charge in [-0.15, -0.1) is 0 Å². The highest BCUT2D eigenvalue weighted by molar-refractivity contribution is 6.05. The molecule has 0 unspecified atom stereocenters. The number of carbonyl (C=O) groups is 1. The van der Waals surface area contributed by atoms with Gasteiger partial charge < -0.3 is 15.8 Å². The van der Waals surface area contributed by atoms with E-state index in [0.717, 1.165) is 11.1 Å². The van der Waals surface area contributed by atoms with E-state index in [0.29, 0.717) is 30.2 Å². The quantitative estimate of drug-likeness (QED) is 0.887. The molecule has 0 bridgehead atoms. The van der Waals surface area contributed by atoms with Crippen LogP contribution in [0.5, 0.6) is 5.75 Å². The van der Waals surface area contributed by atoms with E-state index in [2.05, 4.69) is 5.32 Å². The minimum Gasteiger partial charge on any atom is -0.492 e. The van der Waals surface area contributed by atoms with Gasteiger partial charge >= 0.3 is 0 Å². The maximum absolute atomic E-state index is 12.3. The van der Waals surface area contributed by atoms with E-state index >= 15 is 0 Å². The van der Waals surface area contributed by atoms with E-state index < -0.39 is 0 Å². The summed E-state index contributed by atoms with van der Waals surface area (Å²) in [6, 6.07) is 13.1. The molecule has 0 heterocycles. The number of nitrogens with one attached hydrogen (secondary N) is 1. The molecule has 0 radical (unpaired) electrons. The molecule has 2 aromatic rings. The first kappa shape index (κ1) is 15.1. The van der Waals surface area contributed by atoms with Gasteiger partial charge in [0.1, 0.15) is 12.4 Å². The van der Waals surface area contributed by atoms with E-state index in [-0.39, 0.29) is 5.91 Å². The Hall–Kier alpha value is -2.33. The Morgan fingerprint density at radius 3 is 2.76 bits per heavy atom. The van der Waals surface area contributed by atoms with E-state index in [1.54, 1.807) is 6.07 Å². The van der Waals surface area contributed by atoms with Crippen molar-refractivity contribution in [2.75, 3.05) is 18.5 Å². The third kappa shape index (κ3) is 4.07. The summed E-state index contributed by atoms with van der Waals surface area (Å²) in [4.78, 5) is 12.3. The number of amides is 1. The van der Waals surface area contributed by atoms with Crippen molar-refractivity contribution in [1.82, 2.24) is 0 Å². The third-order valence-corrected chi connectivity index (χ3v) is 3.12. The molecule has 0 aliphatic heterocycles. The number of hydrogen-bond acceptors (Lipinski definition) is 3. The average molecular weight is 284 g/mol. The van der Waals surface area contributed by atoms with Crippen LogP contribution in [0.2, 0.25) is 0 Å². The molecule has 0 saturated heterocycles. The van der Waals surface area contributed by atoms with Crippen molar-refractivity contribution in [2.45, 2.75) is 13.8 Å². The number of ether oxygens (including phenoxy) is 1. The van der Waals surface area contributed by atoms with Gasteiger partial charge in [0.15, 0.2) is 0 Å². The van der Waals surface area contributed by atoms with E-state index in [9.17, 15) is 4.79 Å². The van der Waals surface area contributed by atoms with Gasteiger partial charge in [0.25, 0.3) is 5.91 Å². The highest BCUT2D eigenvalue weighted by Gasteiger charge is 2.09. The summed E-state index contributed by atoms with van der Waals surface area (Å²) in [5.41, 5.74) is 8.81. The molecule has 3 N–H and O–H groups in total. The summed E-state index contributed by atoms with van der Waals surface area (Å²) >= 11 is 0. The minimum absolute atomic E-state index is 0.118. The monoisotopic (exact) mass is 284 g/mol. The summed E-state index contributed by atoms with van der Waals surface area (Å²) in [6.45, 7) is 4.81. The Labute approximate surface area is 124 Å². The van der Waals surface area contributed by atoms with Crippen LogP contribution in [0.4, 0.5) is 5.69 Å². The van der Waals surface area contributed by atoms with Crippen molar-refractivity contribution >= 4 is 11.6 Å². The molecule has 0 spiro atoms. The Morgan fingerprint density at radius 2 is 2.00 bits per heavy atom. The largest absolute Gasteiger partial charge is 0.492 e.